The van der Waals surface area contributed by atoms with Crippen LogP contribution in [0.25, 0.3) is 16.7 Å². The standard InChI is InChI=1S/C18H13F3N2O.C17H17F3N2O2.C17H14N2.C15H13N3/c1-13-4-5-15(14-3-2-10-22-11-14)12-23(13)16-6-8-17(9-7-16)24-18(19,20)21;1-13-2-3-15(21-8-10-23-11-9-21)12-22(13)14-4-6-16(7-5-14)24-17(18,19)20;1-14-9-10-16(15-6-5-11-18-12-15)13-19(14)17-7-3-2-4-8-17;1-12-7-8-13(15-16-9-10-17-15)11-18(12)14-5-3-2-4-6-14/h2-12H,1H2;2-7,12H,1,8-11H2;2-13H,1H2;2-11H,1H2,(H,16,17). The molecule has 12 rings (SSSR count). The average molecular weight is 1150 g/mol. The summed E-state index contributed by atoms with van der Waals surface area (Å²) >= 11 is 0. The van der Waals surface area contributed by atoms with E-state index in [1.807, 2.05) is 133 Å². The van der Waals surface area contributed by atoms with E-state index in [-0.39, 0.29) is 11.5 Å². The summed E-state index contributed by atoms with van der Waals surface area (Å²) < 4.78 is 86.5. The second-order valence-electron chi connectivity index (χ2n) is 18.9. The van der Waals surface area contributed by atoms with E-state index in [0.717, 1.165) is 80.9 Å². The van der Waals surface area contributed by atoms with E-state index in [4.69, 9.17) is 4.74 Å². The first-order valence-electron chi connectivity index (χ1n) is 26.5. The number of alkyl halides is 6. The number of H-pyrrole nitrogens is 1. The third kappa shape index (κ3) is 16.5. The van der Waals surface area contributed by atoms with Gasteiger partial charge in [-0.3, -0.25) is 9.97 Å². The van der Waals surface area contributed by atoms with E-state index in [9.17, 15) is 26.3 Å². The van der Waals surface area contributed by atoms with Gasteiger partial charge in [0.25, 0.3) is 0 Å². The smallest absolute Gasteiger partial charge is 0.406 e. The maximum atomic E-state index is 12.2. The van der Waals surface area contributed by atoms with Crippen molar-refractivity contribution in [2.75, 3.05) is 45.9 Å². The van der Waals surface area contributed by atoms with Crippen LogP contribution >= 0.6 is 0 Å². The number of nitrogens with zero attached hydrogens (tertiary/aromatic N) is 8. The molecule has 0 spiro atoms. The Bertz CT molecular complexity index is 3680. The lowest BCUT2D eigenvalue weighted by atomic mass is 10.1. The number of hydrogen-bond donors (Lipinski definition) is 1. The van der Waals surface area contributed by atoms with Crippen LogP contribution in [0.1, 0.15) is 17.0 Å². The second-order valence-corrected chi connectivity index (χ2v) is 18.9. The van der Waals surface area contributed by atoms with Crippen molar-refractivity contribution < 1.29 is 40.6 Å². The summed E-state index contributed by atoms with van der Waals surface area (Å²) in [6, 6.07) is 39.5. The van der Waals surface area contributed by atoms with Gasteiger partial charge in [-0.1, -0.05) is 87.0 Å². The Balaban J connectivity index is 0.000000137. The van der Waals surface area contributed by atoms with Gasteiger partial charge in [0.05, 0.1) is 18.9 Å². The number of rotatable bonds is 10. The van der Waals surface area contributed by atoms with Crippen LogP contribution in [0, 0.1) is 0 Å². The van der Waals surface area contributed by atoms with E-state index < -0.39 is 12.7 Å². The molecule has 3 aromatic heterocycles. The molecule has 8 heterocycles. The first-order chi connectivity index (χ1) is 41.0. The number of aromatic amines is 1. The fraction of sp³-hybridized carbons (Fsp3) is 0.0896. The topological polar surface area (TPSA) is 98.3 Å². The second kappa shape index (κ2) is 27.5. The monoisotopic (exact) mass is 1150 g/mol. The zero-order valence-corrected chi connectivity index (χ0v) is 45.8. The molecule has 0 saturated carbocycles. The molecule has 18 heteroatoms. The highest BCUT2D eigenvalue weighted by Gasteiger charge is 2.32. The number of para-hydroxylation sites is 2. The SMILES string of the molecule is C=C1C=CC(N2CCOCC2)=CN1c1ccc(OC(F)(F)F)cc1.C=C1C=CC(c2cccnc2)=CN1c1ccc(OC(F)(F)F)cc1.C=C1C=CC(c2cccnc2)=CN1c1ccccc1.C=C1C=CC(c2ncc[nH]2)=CN1c1ccccc1. The van der Waals surface area contributed by atoms with E-state index in [1.54, 1.807) is 54.0 Å². The molecule has 85 heavy (non-hydrogen) atoms. The number of nitrogens with one attached hydrogen (secondary N) is 1. The van der Waals surface area contributed by atoms with Gasteiger partial charge in [-0.15, -0.1) is 26.3 Å². The lowest BCUT2D eigenvalue weighted by Crippen LogP contribution is -2.36. The van der Waals surface area contributed by atoms with Crippen LogP contribution in [0.5, 0.6) is 11.5 Å². The van der Waals surface area contributed by atoms with Crippen LogP contribution in [0.15, 0.2) is 299 Å². The van der Waals surface area contributed by atoms with Crippen molar-refractivity contribution in [1.29, 1.82) is 0 Å². The molecule has 1 N–H and O–H groups in total. The third-order valence-corrected chi connectivity index (χ3v) is 13.0. The zero-order chi connectivity index (χ0) is 59.8. The fourth-order valence-corrected chi connectivity index (χ4v) is 8.85. The number of halogens is 6. The van der Waals surface area contributed by atoms with Crippen molar-refractivity contribution in [3.63, 3.8) is 0 Å². The summed E-state index contributed by atoms with van der Waals surface area (Å²) in [4.78, 5) is 25.6. The van der Waals surface area contributed by atoms with Gasteiger partial charge in [0.1, 0.15) is 17.3 Å². The first kappa shape index (κ1) is 59.0. The van der Waals surface area contributed by atoms with Crippen molar-refractivity contribution in [3.8, 4) is 11.5 Å². The quantitative estimate of drug-likeness (QED) is 0.133. The van der Waals surface area contributed by atoms with E-state index >= 15 is 0 Å². The largest absolute Gasteiger partial charge is 0.573 e. The number of ether oxygens (including phenoxy) is 3. The fourth-order valence-electron chi connectivity index (χ4n) is 8.85. The van der Waals surface area contributed by atoms with Crippen LogP contribution in [0.4, 0.5) is 49.1 Å². The number of imidazole rings is 1. The first-order valence-corrected chi connectivity index (χ1v) is 26.5. The highest BCUT2D eigenvalue weighted by atomic mass is 19.4. The maximum absolute atomic E-state index is 12.2. The van der Waals surface area contributed by atoms with Crippen LogP contribution in [0.3, 0.4) is 0 Å². The van der Waals surface area contributed by atoms with Gasteiger partial charge in [0.15, 0.2) is 0 Å². The lowest BCUT2D eigenvalue weighted by molar-refractivity contribution is -0.275. The van der Waals surface area contributed by atoms with Crippen molar-refractivity contribution in [2.45, 2.75) is 12.7 Å². The predicted octanol–water partition coefficient (Wildman–Crippen LogP) is 15.9. The van der Waals surface area contributed by atoms with Gasteiger partial charge in [-0.25, -0.2) is 4.98 Å². The van der Waals surface area contributed by atoms with Gasteiger partial charge in [-0.05, 0) is 133 Å². The van der Waals surface area contributed by atoms with E-state index in [2.05, 4.69) is 113 Å². The molecule has 5 aliphatic rings. The number of pyridine rings is 2. The Kier molecular flexibility index (Phi) is 19.1. The van der Waals surface area contributed by atoms with E-state index in [1.165, 1.54) is 24.3 Å². The van der Waals surface area contributed by atoms with Crippen LogP contribution < -0.4 is 29.1 Å². The van der Waals surface area contributed by atoms with Crippen molar-refractivity contribution in [3.05, 3.63) is 316 Å². The van der Waals surface area contributed by atoms with Crippen molar-refractivity contribution >= 4 is 39.5 Å². The number of allylic oxidation sites excluding steroid dienone is 11. The molecule has 5 aliphatic heterocycles. The summed E-state index contributed by atoms with van der Waals surface area (Å²) in [5, 5.41) is 0. The molecule has 0 amide bonds. The normalized spacial score (nSPS) is 15.7. The average Bonchev–Trinajstić information content (AvgIpc) is 4.17. The molecular weight excluding hydrogens is 1090 g/mol. The summed E-state index contributed by atoms with van der Waals surface area (Å²) in [5.41, 5.74) is 13.1. The van der Waals surface area contributed by atoms with Crippen LogP contribution in [-0.2, 0) is 4.74 Å². The maximum Gasteiger partial charge on any atom is 0.573 e. The van der Waals surface area contributed by atoms with Crippen LogP contribution in [-0.4, -0.2) is 63.9 Å². The highest BCUT2D eigenvalue weighted by Crippen LogP contribution is 2.34. The predicted molar refractivity (Wildman–Crippen MR) is 324 cm³/mol. The molecule has 4 aromatic carbocycles. The molecule has 0 radical (unpaired) electrons. The molecule has 430 valence electrons. The van der Waals surface area contributed by atoms with Gasteiger partial charge < -0.3 is 43.7 Å². The Morgan fingerprint density at radius 3 is 1.24 bits per heavy atom. The molecular formula is C67H57F6N9O3. The Labute approximate surface area is 488 Å². The molecule has 7 aromatic rings. The van der Waals surface area contributed by atoms with E-state index in [0.29, 0.717) is 30.3 Å². The number of aromatic nitrogens is 4. The van der Waals surface area contributed by atoms with Gasteiger partial charge in [0.2, 0.25) is 0 Å². The Morgan fingerprint density at radius 2 is 0.835 bits per heavy atom. The number of anilines is 4. The summed E-state index contributed by atoms with van der Waals surface area (Å²) in [7, 11) is 0. The summed E-state index contributed by atoms with van der Waals surface area (Å²) in [6.45, 7) is 19.0. The molecule has 12 nitrogen and oxygen atoms in total. The number of hydrogen-bond acceptors (Lipinski definition) is 11. The number of morpholine rings is 1. The molecule has 0 unspecified atom stereocenters. The Morgan fingerprint density at radius 1 is 0.435 bits per heavy atom. The highest BCUT2D eigenvalue weighted by molar-refractivity contribution is 5.82. The van der Waals surface area contributed by atoms with Crippen LogP contribution in [0.2, 0.25) is 0 Å². The molecule has 1 fully saturated rings. The summed E-state index contributed by atoms with van der Waals surface area (Å²) in [5.74, 6) is 0.349. The van der Waals surface area contributed by atoms with Crippen molar-refractivity contribution in [1.82, 2.24) is 24.8 Å². The minimum Gasteiger partial charge on any atom is -0.406 e. The molecule has 1 saturated heterocycles. The minimum absolute atomic E-state index is 0.248. The third-order valence-electron chi connectivity index (χ3n) is 13.0. The molecule has 0 atom stereocenters. The Hall–Kier alpha value is -10.6. The molecule has 0 bridgehead atoms. The van der Waals surface area contributed by atoms with Gasteiger partial charge in [-0.2, -0.15) is 0 Å². The van der Waals surface area contributed by atoms with Gasteiger partial charge in [0, 0.05) is 137 Å². The lowest BCUT2D eigenvalue weighted by Gasteiger charge is -2.34. The number of benzene rings is 4. The van der Waals surface area contributed by atoms with Crippen molar-refractivity contribution in [2.24, 2.45) is 0 Å². The zero-order valence-electron chi connectivity index (χ0n) is 45.8. The minimum atomic E-state index is -4.70. The van der Waals surface area contributed by atoms with Gasteiger partial charge >= 0.3 is 12.7 Å². The molecule has 0 aliphatic carbocycles. The summed E-state index contributed by atoms with van der Waals surface area (Å²) in [6.07, 6.45) is 24.9.